The monoisotopic (exact) mass is 322 g/mol. The number of rotatable bonds is 4. The van der Waals surface area contributed by atoms with Gasteiger partial charge in [-0.2, -0.15) is 0 Å². The fourth-order valence-electron chi connectivity index (χ4n) is 2.79. The molecule has 0 unspecified atom stereocenters. The van der Waals surface area contributed by atoms with Crippen molar-refractivity contribution in [3.63, 3.8) is 0 Å². The van der Waals surface area contributed by atoms with E-state index in [-0.39, 0.29) is 5.78 Å². The first-order valence-corrected chi connectivity index (χ1v) is 7.87. The number of carbonyl (C=O) groups excluding carboxylic acids is 1. The molecular weight excluding hydrogens is 304 g/mol. The second kappa shape index (κ2) is 6.71. The highest BCUT2D eigenvalue weighted by Crippen LogP contribution is 2.27. The SMILES string of the molecule is C[C@@H](Oc1cccc(/C=C2/CCc3ccccc3C2=O)c1)C(=O)O. The maximum Gasteiger partial charge on any atom is 0.344 e. The molecule has 4 nitrogen and oxygen atoms in total. The molecule has 1 aliphatic rings. The maximum absolute atomic E-state index is 12.6. The highest BCUT2D eigenvalue weighted by Gasteiger charge is 2.21. The van der Waals surface area contributed by atoms with Gasteiger partial charge < -0.3 is 9.84 Å². The van der Waals surface area contributed by atoms with Gasteiger partial charge in [-0.1, -0.05) is 36.4 Å². The molecule has 0 aliphatic heterocycles. The summed E-state index contributed by atoms with van der Waals surface area (Å²) in [5.41, 5.74) is 3.44. The molecule has 0 aromatic heterocycles. The summed E-state index contributed by atoms with van der Waals surface area (Å²) in [6.07, 6.45) is 2.49. The first-order chi connectivity index (χ1) is 11.5. The van der Waals surface area contributed by atoms with Crippen LogP contribution >= 0.6 is 0 Å². The molecule has 1 atom stereocenters. The van der Waals surface area contributed by atoms with Crippen LogP contribution in [0.2, 0.25) is 0 Å². The zero-order chi connectivity index (χ0) is 17.1. The zero-order valence-electron chi connectivity index (χ0n) is 13.4. The lowest BCUT2D eigenvalue weighted by Gasteiger charge is -2.17. The Kier molecular flexibility index (Phi) is 4.47. The van der Waals surface area contributed by atoms with Crippen LogP contribution in [-0.4, -0.2) is 23.0 Å². The lowest BCUT2D eigenvalue weighted by atomic mass is 9.86. The van der Waals surface area contributed by atoms with E-state index >= 15 is 0 Å². The fraction of sp³-hybridized carbons (Fsp3) is 0.200. The maximum atomic E-state index is 12.6. The van der Waals surface area contributed by atoms with E-state index in [1.54, 1.807) is 18.2 Å². The molecule has 3 rings (SSSR count). The summed E-state index contributed by atoms with van der Waals surface area (Å²) in [5, 5.41) is 8.92. The molecule has 0 radical (unpaired) electrons. The third-order valence-corrected chi connectivity index (χ3v) is 4.08. The van der Waals surface area contributed by atoms with E-state index in [0.717, 1.165) is 28.7 Å². The minimum Gasteiger partial charge on any atom is -0.479 e. The number of ketones is 1. The van der Waals surface area contributed by atoms with E-state index in [9.17, 15) is 9.59 Å². The Labute approximate surface area is 140 Å². The smallest absolute Gasteiger partial charge is 0.344 e. The quantitative estimate of drug-likeness (QED) is 0.871. The van der Waals surface area contributed by atoms with Gasteiger partial charge in [-0.25, -0.2) is 4.79 Å². The molecule has 0 heterocycles. The van der Waals surface area contributed by atoms with Gasteiger partial charge in [0.25, 0.3) is 0 Å². The first-order valence-electron chi connectivity index (χ1n) is 7.87. The molecule has 0 spiro atoms. The molecule has 0 saturated heterocycles. The zero-order valence-corrected chi connectivity index (χ0v) is 13.4. The minimum absolute atomic E-state index is 0.0575. The van der Waals surface area contributed by atoms with E-state index < -0.39 is 12.1 Å². The summed E-state index contributed by atoms with van der Waals surface area (Å²) in [6.45, 7) is 1.48. The largest absolute Gasteiger partial charge is 0.479 e. The second-order valence-corrected chi connectivity index (χ2v) is 5.83. The second-order valence-electron chi connectivity index (χ2n) is 5.83. The van der Waals surface area contributed by atoms with Crippen molar-refractivity contribution in [2.24, 2.45) is 0 Å². The van der Waals surface area contributed by atoms with Crippen molar-refractivity contribution in [3.8, 4) is 5.75 Å². The molecule has 0 amide bonds. The molecule has 122 valence electrons. The minimum atomic E-state index is -1.02. The normalized spacial score (nSPS) is 16.5. The van der Waals surface area contributed by atoms with Crippen LogP contribution in [0, 0.1) is 0 Å². The van der Waals surface area contributed by atoms with Gasteiger partial charge in [-0.05, 0) is 49.1 Å². The Morgan fingerprint density at radius 3 is 2.75 bits per heavy atom. The van der Waals surface area contributed by atoms with E-state index in [1.807, 2.05) is 36.4 Å². The molecule has 0 bridgehead atoms. The molecule has 2 aromatic rings. The van der Waals surface area contributed by atoms with E-state index in [2.05, 4.69) is 0 Å². The number of carboxylic acid groups (broad SMARTS) is 1. The standard InChI is InChI=1S/C20H18O4/c1-13(20(22)23)24-17-7-4-5-14(12-17)11-16-10-9-15-6-2-3-8-18(15)19(16)21/h2-8,11-13H,9-10H2,1H3,(H,22,23)/b16-11-/t13-/m1/s1. The van der Waals surface area contributed by atoms with Gasteiger partial charge >= 0.3 is 5.97 Å². The number of hydrogen-bond acceptors (Lipinski definition) is 3. The molecule has 1 N–H and O–H groups in total. The van der Waals surface area contributed by atoms with E-state index in [1.165, 1.54) is 6.92 Å². The summed E-state index contributed by atoms with van der Waals surface area (Å²) in [4.78, 5) is 23.5. The summed E-state index contributed by atoms with van der Waals surface area (Å²) in [6, 6.07) is 14.8. The van der Waals surface area contributed by atoms with Crippen LogP contribution in [-0.2, 0) is 11.2 Å². The fourth-order valence-corrected chi connectivity index (χ4v) is 2.79. The molecule has 0 fully saturated rings. The van der Waals surface area contributed by atoms with E-state index in [4.69, 9.17) is 9.84 Å². The van der Waals surface area contributed by atoms with Crippen molar-refractivity contribution in [3.05, 3.63) is 70.8 Å². The summed E-state index contributed by atoms with van der Waals surface area (Å²) in [5.74, 6) is -0.484. The average Bonchev–Trinajstić information content (AvgIpc) is 2.58. The van der Waals surface area contributed by atoms with Crippen LogP contribution in [0.1, 0.15) is 34.8 Å². The van der Waals surface area contributed by atoms with Crippen molar-refractivity contribution in [1.29, 1.82) is 0 Å². The summed E-state index contributed by atoms with van der Waals surface area (Å²) in [7, 11) is 0. The van der Waals surface area contributed by atoms with Gasteiger partial charge in [0.05, 0.1) is 0 Å². The van der Waals surface area contributed by atoms with Crippen LogP contribution in [0.15, 0.2) is 54.1 Å². The number of ether oxygens (including phenoxy) is 1. The van der Waals surface area contributed by atoms with Gasteiger partial charge in [0, 0.05) is 11.1 Å². The lowest BCUT2D eigenvalue weighted by molar-refractivity contribution is -0.144. The molecular formula is C20H18O4. The number of Topliss-reactive ketones (excluding diaryl/α,β-unsaturated/α-hetero) is 1. The summed E-state index contributed by atoms with van der Waals surface area (Å²) < 4.78 is 5.37. The number of hydrogen-bond donors (Lipinski definition) is 1. The number of aryl methyl sites for hydroxylation is 1. The highest BCUT2D eigenvalue weighted by molar-refractivity contribution is 6.13. The van der Waals surface area contributed by atoms with Crippen molar-refractivity contribution in [2.45, 2.75) is 25.9 Å². The van der Waals surface area contributed by atoms with E-state index in [0.29, 0.717) is 12.2 Å². The van der Waals surface area contributed by atoms with Crippen LogP contribution in [0.25, 0.3) is 6.08 Å². The number of carboxylic acids is 1. The van der Waals surface area contributed by atoms with Crippen LogP contribution in [0.5, 0.6) is 5.75 Å². The molecule has 0 saturated carbocycles. The third-order valence-electron chi connectivity index (χ3n) is 4.08. The molecule has 1 aliphatic carbocycles. The Hall–Kier alpha value is -2.88. The number of aliphatic carboxylic acids is 1. The van der Waals surface area contributed by atoms with Crippen LogP contribution < -0.4 is 4.74 Å². The predicted octanol–water partition coefficient (Wildman–Crippen LogP) is 3.75. The Bertz CT molecular complexity index is 820. The van der Waals surface area contributed by atoms with Crippen molar-refractivity contribution in [2.75, 3.05) is 0 Å². The highest BCUT2D eigenvalue weighted by atomic mass is 16.5. The number of benzene rings is 2. The van der Waals surface area contributed by atoms with Crippen molar-refractivity contribution in [1.82, 2.24) is 0 Å². The van der Waals surface area contributed by atoms with Gasteiger partial charge in [-0.15, -0.1) is 0 Å². The third kappa shape index (κ3) is 3.38. The van der Waals surface area contributed by atoms with Gasteiger partial charge in [0.15, 0.2) is 11.9 Å². The lowest BCUT2D eigenvalue weighted by Crippen LogP contribution is -2.22. The topological polar surface area (TPSA) is 63.6 Å². The van der Waals surface area contributed by atoms with Crippen molar-refractivity contribution < 1.29 is 19.4 Å². The molecule has 24 heavy (non-hydrogen) atoms. The number of fused-ring (bicyclic) bond motifs is 1. The first kappa shape index (κ1) is 16.0. The number of carbonyl (C=O) groups is 2. The van der Waals surface area contributed by atoms with Crippen LogP contribution in [0.4, 0.5) is 0 Å². The Morgan fingerprint density at radius 2 is 1.96 bits per heavy atom. The number of allylic oxidation sites excluding steroid dienone is 1. The van der Waals surface area contributed by atoms with Gasteiger partial charge in [0.1, 0.15) is 5.75 Å². The predicted molar refractivity (Wildman–Crippen MR) is 91.2 cm³/mol. The average molecular weight is 322 g/mol. The van der Waals surface area contributed by atoms with Gasteiger partial charge in [-0.3, -0.25) is 4.79 Å². The van der Waals surface area contributed by atoms with Crippen LogP contribution in [0.3, 0.4) is 0 Å². The molecule has 2 aromatic carbocycles. The van der Waals surface area contributed by atoms with Gasteiger partial charge in [0.2, 0.25) is 0 Å². The Balaban J connectivity index is 1.84. The Morgan fingerprint density at radius 1 is 1.17 bits per heavy atom. The molecule has 4 heteroatoms. The summed E-state index contributed by atoms with van der Waals surface area (Å²) >= 11 is 0. The van der Waals surface area contributed by atoms with Crippen molar-refractivity contribution >= 4 is 17.8 Å².